The molecule has 1 aromatic carbocycles. The number of fused-ring (bicyclic) bond motifs is 1. The number of carbonyl (C=O) groups excluding carboxylic acids is 2. The number of nitrogens with one attached hydrogen (secondary N) is 2. The Morgan fingerprint density at radius 3 is 2.36 bits per heavy atom. The topological polar surface area (TPSA) is 175 Å². The molecule has 4 fully saturated rings. The van der Waals surface area contributed by atoms with E-state index in [1.54, 1.807) is 10.7 Å². The quantitative estimate of drug-likeness (QED) is 0.135. The van der Waals surface area contributed by atoms with Crippen LogP contribution in [0.5, 0.6) is 0 Å². The van der Waals surface area contributed by atoms with Crippen molar-refractivity contribution in [2.24, 2.45) is 0 Å². The molecule has 15 nitrogen and oxygen atoms in total. The van der Waals surface area contributed by atoms with Crippen molar-refractivity contribution in [2.45, 2.75) is 107 Å². The molecule has 10 rings (SSSR count). The molecule has 1 aliphatic carbocycles. The molecule has 6 aromatic rings. The number of likely N-dealkylation sites (tertiary alicyclic amines) is 1. The van der Waals surface area contributed by atoms with Gasteiger partial charge in [-0.3, -0.25) is 19.6 Å². The molecule has 0 unspecified atom stereocenters. The molecule has 3 saturated heterocycles. The van der Waals surface area contributed by atoms with Crippen molar-refractivity contribution in [3.63, 3.8) is 0 Å². The highest BCUT2D eigenvalue weighted by atomic mass is 19.1. The molecule has 64 heavy (non-hydrogen) atoms. The zero-order chi connectivity index (χ0) is 43.8. The van der Waals surface area contributed by atoms with Gasteiger partial charge >= 0.3 is 0 Å². The van der Waals surface area contributed by atoms with Gasteiger partial charge in [0, 0.05) is 72.6 Å². The van der Waals surface area contributed by atoms with Gasteiger partial charge in [-0.05, 0) is 119 Å². The molecule has 1 saturated carbocycles. The number of halogens is 1. The van der Waals surface area contributed by atoms with E-state index in [0.717, 1.165) is 112 Å². The summed E-state index contributed by atoms with van der Waals surface area (Å²) < 4.78 is 19.2. The molecular formula is C48H52FN13O2. The summed E-state index contributed by atoms with van der Waals surface area (Å²) in [5.74, 6) is 1.09. The van der Waals surface area contributed by atoms with Gasteiger partial charge in [0.25, 0.3) is 0 Å². The lowest BCUT2D eigenvalue weighted by molar-refractivity contribution is -0.133. The molecule has 8 heterocycles. The maximum Gasteiger partial charge on any atom is 0.249 e. The Kier molecular flexibility index (Phi) is 11.3. The van der Waals surface area contributed by atoms with Gasteiger partial charge in [-0.25, -0.2) is 28.8 Å². The van der Waals surface area contributed by atoms with Crippen LogP contribution >= 0.6 is 0 Å². The van der Waals surface area contributed by atoms with Gasteiger partial charge in [0.15, 0.2) is 0 Å². The monoisotopic (exact) mass is 861 g/mol. The van der Waals surface area contributed by atoms with E-state index in [2.05, 4.69) is 59.4 Å². The Bertz CT molecular complexity index is 2690. The SMILES string of the molecule is CCC1(c2ncccn2)CCN(c2ccc(-c3nc(-c4cnn([C@H]5CC[C@@H](N6CCC(c7ccc(N[C@H]8CCC(=O)NC8=O)cc7F)CC6)CC5)c4)cn4ncc(C#N)c34)cn2)CC1. The highest BCUT2D eigenvalue weighted by molar-refractivity contribution is 6.01. The van der Waals surface area contributed by atoms with E-state index in [1.807, 2.05) is 61.3 Å². The van der Waals surface area contributed by atoms with E-state index in [4.69, 9.17) is 15.1 Å². The fraction of sp³-hybridized carbons (Fsp3) is 0.438. The zero-order valence-electron chi connectivity index (χ0n) is 36.0. The maximum absolute atomic E-state index is 15.4. The van der Waals surface area contributed by atoms with E-state index in [-0.39, 0.29) is 41.4 Å². The molecule has 4 aliphatic rings. The molecule has 0 bridgehead atoms. The number of nitrogens with zero attached hydrogens (tertiary/aromatic N) is 11. The minimum atomic E-state index is -0.544. The van der Waals surface area contributed by atoms with E-state index >= 15 is 4.39 Å². The number of anilines is 2. The maximum atomic E-state index is 15.4. The first-order valence-electron chi connectivity index (χ1n) is 22.7. The number of hydrogen-bond donors (Lipinski definition) is 2. The Balaban J connectivity index is 0.765. The first kappa shape index (κ1) is 41.4. The summed E-state index contributed by atoms with van der Waals surface area (Å²) in [7, 11) is 0. The first-order valence-corrected chi connectivity index (χ1v) is 22.7. The van der Waals surface area contributed by atoms with Crippen molar-refractivity contribution in [2.75, 3.05) is 36.4 Å². The van der Waals surface area contributed by atoms with Crippen molar-refractivity contribution in [1.29, 1.82) is 5.26 Å². The number of rotatable bonds is 10. The second-order valence-electron chi connectivity index (χ2n) is 17.9. The van der Waals surface area contributed by atoms with Gasteiger partial charge < -0.3 is 15.1 Å². The standard InChI is InChI=1S/C48H52FN13O2/c1-2-48(47-51-18-3-19-52-47)16-22-60(23-17-48)42-12-4-32(26-53-42)44-45-33(25-50)27-55-62(45)30-41(57-44)34-28-54-61(29-34)37-8-6-36(7-9-37)59-20-14-31(15-21-59)38-10-5-35(24-39(38)49)56-40-11-13-43(63)58-46(40)64/h3-5,10,12,18-19,24,26-31,36-37,40,56H,2,6-9,11,13-17,20-23H2,1H3,(H,58,63,64)/t36-,37+,40-/m0/s1. The second kappa shape index (κ2) is 17.5. The van der Waals surface area contributed by atoms with Crippen LogP contribution in [-0.4, -0.2) is 94.3 Å². The van der Waals surface area contributed by atoms with Gasteiger partial charge in [0.1, 0.15) is 40.7 Å². The summed E-state index contributed by atoms with van der Waals surface area (Å²) in [6.45, 7) is 5.80. The predicted octanol–water partition coefficient (Wildman–Crippen LogP) is 6.98. The second-order valence-corrected chi connectivity index (χ2v) is 17.9. The van der Waals surface area contributed by atoms with E-state index < -0.39 is 6.04 Å². The molecule has 16 heteroatoms. The molecule has 0 radical (unpaired) electrons. The van der Waals surface area contributed by atoms with Crippen LogP contribution < -0.4 is 15.5 Å². The average Bonchev–Trinajstić information content (AvgIpc) is 4.01. The highest BCUT2D eigenvalue weighted by Gasteiger charge is 2.38. The molecule has 1 atom stereocenters. The fourth-order valence-electron chi connectivity index (χ4n) is 10.5. The highest BCUT2D eigenvalue weighted by Crippen LogP contribution is 2.39. The summed E-state index contributed by atoms with van der Waals surface area (Å²) in [6.07, 6.45) is 22.4. The van der Waals surface area contributed by atoms with Crippen molar-refractivity contribution in [3.05, 3.63) is 103 Å². The number of pyridine rings is 1. The summed E-state index contributed by atoms with van der Waals surface area (Å²) in [4.78, 5) is 47.9. The Morgan fingerprint density at radius 1 is 0.875 bits per heavy atom. The third kappa shape index (κ3) is 8.09. The first-order chi connectivity index (χ1) is 31.3. The lowest BCUT2D eigenvalue weighted by atomic mass is 9.75. The largest absolute Gasteiger partial charge is 0.374 e. The van der Waals surface area contributed by atoms with Gasteiger partial charge in [-0.15, -0.1) is 0 Å². The third-order valence-corrected chi connectivity index (χ3v) is 14.4. The lowest BCUT2D eigenvalue weighted by Crippen LogP contribution is -2.47. The molecule has 3 aliphatic heterocycles. The molecule has 2 amide bonds. The van der Waals surface area contributed by atoms with Gasteiger partial charge in [0.2, 0.25) is 11.8 Å². The number of hydrogen-bond acceptors (Lipinski definition) is 12. The van der Waals surface area contributed by atoms with Crippen LogP contribution in [0.2, 0.25) is 0 Å². The number of amides is 2. The van der Waals surface area contributed by atoms with E-state index in [1.165, 1.54) is 6.07 Å². The number of imide groups is 1. The normalized spacial score (nSPS) is 22.0. The molecule has 328 valence electrons. The minimum Gasteiger partial charge on any atom is -0.374 e. The zero-order valence-corrected chi connectivity index (χ0v) is 36.0. The number of piperidine rings is 3. The minimum absolute atomic E-state index is 0.0294. The number of benzene rings is 1. The van der Waals surface area contributed by atoms with Crippen molar-refractivity contribution in [1.82, 2.24) is 49.5 Å². The smallest absolute Gasteiger partial charge is 0.249 e. The van der Waals surface area contributed by atoms with Crippen LogP contribution in [-0.2, 0) is 15.0 Å². The van der Waals surface area contributed by atoms with Crippen molar-refractivity contribution < 1.29 is 14.0 Å². The van der Waals surface area contributed by atoms with Gasteiger partial charge in [-0.2, -0.15) is 15.5 Å². The molecule has 5 aromatic heterocycles. The molecule has 0 spiro atoms. The Labute approximate surface area is 371 Å². The lowest BCUT2D eigenvalue weighted by Gasteiger charge is -2.41. The van der Waals surface area contributed by atoms with Gasteiger partial charge in [-0.1, -0.05) is 13.0 Å². The van der Waals surface area contributed by atoms with E-state index in [9.17, 15) is 14.9 Å². The van der Waals surface area contributed by atoms with Crippen LogP contribution in [0.15, 0.2) is 79.8 Å². The van der Waals surface area contributed by atoms with Crippen molar-refractivity contribution >= 4 is 28.8 Å². The number of nitriles is 1. The summed E-state index contributed by atoms with van der Waals surface area (Å²) in [6, 6.07) is 13.6. The summed E-state index contributed by atoms with van der Waals surface area (Å²) >= 11 is 0. The van der Waals surface area contributed by atoms with Crippen LogP contribution in [0, 0.1) is 17.1 Å². The number of aromatic nitrogens is 8. The summed E-state index contributed by atoms with van der Waals surface area (Å²) in [5.41, 5.74) is 5.40. The van der Waals surface area contributed by atoms with E-state index in [0.29, 0.717) is 40.6 Å². The van der Waals surface area contributed by atoms with Crippen LogP contribution in [0.25, 0.3) is 28.0 Å². The van der Waals surface area contributed by atoms with Gasteiger partial charge in [0.05, 0.1) is 36.0 Å². The Morgan fingerprint density at radius 2 is 1.66 bits per heavy atom. The van der Waals surface area contributed by atoms with Crippen LogP contribution in [0.4, 0.5) is 15.9 Å². The van der Waals surface area contributed by atoms with Crippen molar-refractivity contribution in [3.8, 4) is 28.6 Å². The van der Waals surface area contributed by atoms with Crippen LogP contribution in [0.1, 0.15) is 106 Å². The number of carbonyl (C=O) groups is 2. The summed E-state index contributed by atoms with van der Waals surface area (Å²) in [5, 5.41) is 24.8. The molecule has 2 N–H and O–H groups in total. The third-order valence-electron chi connectivity index (χ3n) is 14.4. The van der Waals surface area contributed by atoms with Crippen LogP contribution in [0.3, 0.4) is 0 Å². The molecular weight excluding hydrogens is 810 g/mol. The Hall–Kier alpha value is -6.60. The average molecular weight is 862 g/mol. The predicted molar refractivity (Wildman–Crippen MR) is 239 cm³/mol. The fourth-order valence-corrected chi connectivity index (χ4v) is 10.5.